The molecule has 1 fully saturated rings. The van der Waals surface area contributed by atoms with Crippen LogP contribution in [0.1, 0.15) is 24.0 Å². The highest BCUT2D eigenvalue weighted by molar-refractivity contribution is 5.92. The molecule has 2 N–H and O–H groups in total. The molecule has 0 atom stereocenters. The monoisotopic (exact) mass is 457 g/mol. The summed E-state index contributed by atoms with van der Waals surface area (Å²) < 4.78 is 5.87. The molecule has 3 aromatic rings. The van der Waals surface area contributed by atoms with E-state index in [0.29, 0.717) is 6.54 Å². The van der Waals surface area contributed by atoms with Crippen LogP contribution in [0.5, 0.6) is 5.75 Å². The number of nitrogens with one attached hydrogen (secondary N) is 2. The Balaban J connectivity index is 1.18. The first-order valence-corrected chi connectivity index (χ1v) is 11.8. The lowest BCUT2D eigenvalue weighted by Crippen LogP contribution is -2.47. The number of carbonyl (C=O) groups is 2. The van der Waals surface area contributed by atoms with Crippen LogP contribution in [-0.2, 0) is 16.0 Å². The fourth-order valence-electron chi connectivity index (χ4n) is 4.18. The van der Waals surface area contributed by atoms with Crippen LogP contribution < -0.4 is 15.4 Å². The molecular weight excluding hydrogens is 426 g/mol. The molecule has 6 heteroatoms. The molecule has 6 nitrogen and oxygen atoms in total. The van der Waals surface area contributed by atoms with E-state index in [4.69, 9.17) is 4.74 Å². The largest absolute Gasteiger partial charge is 0.483 e. The van der Waals surface area contributed by atoms with Gasteiger partial charge in [0.1, 0.15) is 5.75 Å². The Hall–Kier alpha value is -3.64. The summed E-state index contributed by atoms with van der Waals surface area (Å²) >= 11 is 0. The molecule has 0 radical (unpaired) electrons. The first kappa shape index (κ1) is 23.5. The second-order valence-electron chi connectivity index (χ2n) is 8.59. The number of ether oxygens (including phenoxy) is 1. The summed E-state index contributed by atoms with van der Waals surface area (Å²) in [5.74, 6) is 0.604. The Morgan fingerprint density at radius 1 is 0.824 bits per heavy atom. The van der Waals surface area contributed by atoms with Gasteiger partial charge in [0.15, 0.2) is 6.61 Å². The van der Waals surface area contributed by atoms with Crippen molar-refractivity contribution >= 4 is 17.5 Å². The van der Waals surface area contributed by atoms with Crippen LogP contribution in [0.3, 0.4) is 0 Å². The Morgan fingerprint density at radius 3 is 2.21 bits per heavy atom. The molecular formula is C28H31N3O3. The number of likely N-dealkylation sites (tertiary alicyclic amines) is 1. The third kappa shape index (κ3) is 7.18. The third-order valence-corrected chi connectivity index (χ3v) is 5.95. The van der Waals surface area contributed by atoms with E-state index >= 15 is 0 Å². The van der Waals surface area contributed by atoms with Crippen LogP contribution in [0, 0.1) is 0 Å². The summed E-state index contributed by atoms with van der Waals surface area (Å²) in [7, 11) is 0. The van der Waals surface area contributed by atoms with E-state index in [0.717, 1.165) is 49.4 Å². The summed E-state index contributed by atoms with van der Waals surface area (Å²) in [5.41, 5.74) is 3.07. The van der Waals surface area contributed by atoms with E-state index in [1.165, 1.54) is 5.56 Å². The highest BCUT2D eigenvalue weighted by atomic mass is 16.5. The van der Waals surface area contributed by atoms with Crippen LogP contribution in [-0.4, -0.2) is 49.0 Å². The van der Waals surface area contributed by atoms with Gasteiger partial charge in [0, 0.05) is 31.2 Å². The zero-order valence-corrected chi connectivity index (χ0v) is 19.3. The number of hydrogen-bond acceptors (Lipinski definition) is 4. The third-order valence-electron chi connectivity index (χ3n) is 5.95. The lowest BCUT2D eigenvalue weighted by Gasteiger charge is -2.31. The van der Waals surface area contributed by atoms with Gasteiger partial charge in [-0.15, -0.1) is 0 Å². The molecule has 4 rings (SSSR count). The SMILES string of the molecule is O=C(CN1CCC(NC(=O)COc2ccccc2Cc2ccccc2)CC1)Nc1ccccc1. The van der Waals surface area contributed by atoms with Crippen molar-refractivity contribution < 1.29 is 14.3 Å². The van der Waals surface area contributed by atoms with Crippen molar-refractivity contribution in [2.45, 2.75) is 25.3 Å². The Bertz CT molecular complexity index is 1060. The van der Waals surface area contributed by atoms with Gasteiger partial charge in [-0.25, -0.2) is 0 Å². The average molecular weight is 458 g/mol. The molecule has 3 aromatic carbocycles. The molecule has 0 aliphatic carbocycles. The number of hydrogen-bond donors (Lipinski definition) is 2. The van der Waals surface area contributed by atoms with Gasteiger partial charge in [0.25, 0.3) is 5.91 Å². The summed E-state index contributed by atoms with van der Waals surface area (Å²) in [4.78, 5) is 26.9. The lowest BCUT2D eigenvalue weighted by atomic mass is 10.0. The molecule has 1 heterocycles. The van der Waals surface area contributed by atoms with Gasteiger partial charge in [-0.2, -0.15) is 0 Å². The topological polar surface area (TPSA) is 70.7 Å². The minimum absolute atomic E-state index is 0.00843. The number of amides is 2. The van der Waals surface area contributed by atoms with Gasteiger partial charge in [0.05, 0.1) is 6.54 Å². The van der Waals surface area contributed by atoms with E-state index in [2.05, 4.69) is 27.7 Å². The molecule has 176 valence electrons. The van der Waals surface area contributed by atoms with E-state index < -0.39 is 0 Å². The summed E-state index contributed by atoms with van der Waals surface area (Å²) in [5, 5.41) is 6.00. The number of carbonyl (C=O) groups excluding carboxylic acids is 2. The standard InChI is InChI=1S/C28H31N3O3/c32-27(29-24-12-5-2-6-13-24)20-31-17-15-25(16-18-31)30-28(33)21-34-26-14-8-7-11-23(26)19-22-9-3-1-4-10-22/h1-14,25H,15-21H2,(H,29,32)(H,30,33). The van der Waals surface area contributed by atoms with Crippen LogP contribution in [0.4, 0.5) is 5.69 Å². The predicted molar refractivity (Wildman–Crippen MR) is 134 cm³/mol. The first-order chi connectivity index (χ1) is 16.7. The number of para-hydroxylation sites is 2. The highest BCUT2D eigenvalue weighted by Gasteiger charge is 2.22. The van der Waals surface area contributed by atoms with Gasteiger partial charge in [-0.1, -0.05) is 66.7 Å². The normalized spacial score (nSPS) is 14.4. The zero-order chi connectivity index (χ0) is 23.6. The number of benzene rings is 3. The van der Waals surface area contributed by atoms with Gasteiger partial charge < -0.3 is 15.4 Å². The van der Waals surface area contributed by atoms with Crippen molar-refractivity contribution in [3.63, 3.8) is 0 Å². The minimum Gasteiger partial charge on any atom is -0.483 e. The Kier molecular flexibility index (Phi) is 8.30. The molecule has 0 saturated carbocycles. The molecule has 0 unspecified atom stereocenters. The highest BCUT2D eigenvalue weighted by Crippen LogP contribution is 2.21. The maximum atomic E-state index is 12.5. The quantitative estimate of drug-likeness (QED) is 0.512. The van der Waals surface area contributed by atoms with Crippen molar-refractivity contribution in [3.8, 4) is 5.75 Å². The summed E-state index contributed by atoms with van der Waals surface area (Å²) in [6.07, 6.45) is 2.39. The van der Waals surface area contributed by atoms with E-state index in [9.17, 15) is 9.59 Å². The lowest BCUT2D eigenvalue weighted by molar-refractivity contribution is -0.124. The van der Waals surface area contributed by atoms with Gasteiger partial charge in [-0.05, 0) is 42.2 Å². The molecule has 1 aliphatic rings. The van der Waals surface area contributed by atoms with Crippen molar-refractivity contribution in [2.75, 3.05) is 31.6 Å². The second kappa shape index (κ2) is 12.0. The first-order valence-electron chi connectivity index (χ1n) is 11.8. The van der Waals surface area contributed by atoms with Crippen LogP contribution in [0.2, 0.25) is 0 Å². The maximum absolute atomic E-state index is 12.5. The molecule has 34 heavy (non-hydrogen) atoms. The predicted octanol–water partition coefficient (Wildman–Crippen LogP) is 3.88. The van der Waals surface area contributed by atoms with E-state index in [-0.39, 0.29) is 24.5 Å². The van der Waals surface area contributed by atoms with Crippen molar-refractivity contribution in [1.82, 2.24) is 10.2 Å². The molecule has 0 aromatic heterocycles. The van der Waals surface area contributed by atoms with Gasteiger partial charge in [0.2, 0.25) is 5.91 Å². The Labute approximate surface area is 200 Å². The second-order valence-corrected chi connectivity index (χ2v) is 8.59. The minimum atomic E-state index is -0.116. The summed E-state index contributed by atoms with van der Waals surface area (Å²) in [6.45, 7) is 1.89. The molecule has 1 saturated heterocycles. The maximum Gasteiger partial charge on any atom is 0.258 e. The smallest absolute Gasteiger partial charge is 0.258 e. The van der Waals surface area contributed by atoms with Gasteiger partial charge in [-0.3, -0.25) is 14.5 Å². The molecule has 0 spiro atoms. The number of rotatable bonds is 9. The van der Waals surface area contributed by atoms with Crippen LogP contribution >= 0.6 is 0 Å². The number of piperidine rings is 1. The molecule has 1 aliphatic heterocycles. The average Bonchev–Trinajstić information content (AvgIpc) is 2.86. The van der Waals surface area contributed by atoms with Crippen molar-refractivity contribution in [1.29, 1.82) is 0 Å². The Morgan fingerprint density at radius 2 is 1.47 bits per heavy atom. The van der Waals surface area contributed by atoms with Crippen molar-refractivity contribution in [2.24, 2.45) is 0 Å². The molecule has 0 bridgehead atoms. The number of anilines is 1. The van der Waals surface area contributed by atoms with E-state index in [1.54, 1.807) is 0 Å². The van der Waals surface area contributed by atoms with E-state index in [1.807, 2.05) is 72.8 Å². The van der Waals surface area contributed by atoms with Crippen molar-refractivity contribution in [3.05, 3.63) is 96.1 Å². The number of nitrogens with zero attached hydrogens (tertiary/aromatic N) is 1. The fourth-order valence-corrected chi connectivity index (χ4v) is 4.18. The molecule has 2 amide bonds. The van der Waals surface area contributed by atoms with Crippen LogP contribution in [0.25, 0.3) is 0 Å². The van der Waals surface area contributed by atoms with Gasteiger partial charge >= 0.3 is 0 Å². The van der Waals surface area contributed by atoms with Crippen LogP contribution in [0.15, 0.2) is 84.9 Å². The fraction of sp³-hybridized carbons (Fsp3) is 0.286. The summed E-state index contributed by atoms with van der Waals surface area (Å²) in [6, 6.07) is 27.6. The zero-order valence-electron chi connectivity index (χ0n) is 19.3.